The summed E-state index contributed by atoms with van der Waals surface area (Å²) in [7, 11) is 1.75. The first kappa shape index (κ1) is 22.6. The average molecular weight is 454 g/mol. The molecular weight excluding hydrogens is 423 g/mol. The van der Waals surface area contributed by atoms with E-state index in [0.717, 1.165) is 29.8 Å². The predicted molar refractivity (Wildman–Crippen MR) is 110 cm³/mol. The molecule has 1 atom stereocenters. The highest BCUT2D eigenvalue weighted by molar-refractivity contribution is 14.0. The van der Waals surface area contributed by atoms with E-state index in [0.29, 0.717) is 6.54 Å². The van der Waals surface area contributed by atoms with Crippen molar-refractivity contribution in [3.63, 3.8) is 0 Å². The lowest BCUT2D eigenvalue weighted by atomic mass is 9.89. The van der Waals surface area contributed by atoms with E-state index < -0.39 is 0 Å². The Balaban J connectivity index is 0.00000484. The number of guanidine groups is 1. The van der Waals surface area contributed by atoms with Gasteiger partial charge in [0, 0.05) is 25.1 Å². The molecule has 0 spiro atoms. The third kappa shape index (κ3) is 7.80. The van der Waals surface area contributed by atoms with Crippen LogP contribution >= 0.6 is 35.3 Å². The number of ether oxygens (including phenoxy) is 1. The summed E-state index contributed by atoms with van der Waals surface area (Å²) in [5.74, 6) is 0.805. The Morgan fingerprint density at radius 2 is 1.96 bits per heavy atom. The maximum atomic E-state index is 5.57. The number of hydrogen-bond donors (Lipinski definition) is 2. The normalized spacial score (nSPS) is 13.4. The molecule has 0 aliphatic heterocycles. The van der Waals surface area contributed by atoms with Crippen LogP contribution in [0.25, 0.3) is 0 Å². The Morgan fingerprint density at radius 3 is 2.39 bits per heavy atom. The molecule has 1 unspecified atom stereocenters. The van der Waals surface area contributed by atoms with Gasteiger partial charge in [-0.3, -0.25) is 0 Å². The van der Waals surface area contributed by atoms with Gasteiger partial charge >= 0.3 is 0 Å². The number of aryl methyl sites for hydroxylation is 2. The van der Waals surface area contributed by atoms with Crippen LogP contribution in [0.2, 0.25) is 0 Å². The standard InChI is InChI=1S/C16H30N4OS.HI/c1-8-17-15(18-9-13(21-7)16(4,5)6)19-10-14-20-11(2)12(3)22-14;/h13H,8-10H2,1-7H3,(H2,17,18,19);1H. The monoisotopic (exact) mass is 454 g/mol. The number of nitrogens with zero attached hydrogens (tertiary/aromatic N) is 2. The van der Waals surface area contributed by atoms with Crippen LogP contribution in [0.3, 0.4) is 0 Å². The summed E-state index contributed by atoms with van der Waals surface area (Å²) >= 11 is 1.71. The zero-order chi connectivity index (χ0) is 16.8. The molecule has 0 amide bonds. The quantitative estimate of drug-likeness (QED) is 0.393. The van der Waals surface area contributed by atoms with Crippen molar-refractivity contribution in [3.8, 4) is 0 Å². The third-order valence-electron chi connectivity index (χ3n) is 3.49. The predicted octanol–water partition coefficient (Wildman–Crippen LogP) is 3.49. The lowest BCUT2D eigenvalue weighted by Gasteiger charge is -2.30. The van der Waals surface area contributed by atoms with Gasteiger partial charge in [0.15, 0.2) is 5.96 Å². The van der Waals surface area contributed by atoms with Gasteiger partial charge in [-0.2, -0.15) is 0 Å². The van der Waals surface area contributed by atoms with Gasteiger partial charge in [-0.1, -0.05) is 20.8 Å². The van der Waals surface area contributed by atoms with E-state index in [4.69, 9.17) is 4.74 Å². The maximum Gasteiger partial charge on any atom is 0.191 e. The Morgan fingerprint density at radius 1 is 1.30 bits per heavy atom. The molecule has 2 N–H and O–H groups in total. The molecule has 7 heteroatoms. The van der Waals surface area contributed by atoms with Crippen LogP contribution in [0.1, 0.15) is 43.3 Å². The van der Waals surface area contributed by atoms with Gasteiger partial charge in [0.2, 0.25) is 0 Å². The number of nitrogens with one attached hydrogen (secondary N) is 2. The number of methoxy groups -OCH3 is 1. The molecule has 0 fully saturated rings. The Bertz CT molecular complexity index is 477. The van der Waals surface area contributed by atoms with E-state index in [1.54, 1.807) is 18.4 Å². The molecule has 0 bridgehead atoms. The highest BCUT2D eigenvalue weighted by atomic mass is 127. The Labute approximate surface area is 161 Å². The van der Waals surface area contributed by atoms with Crippen molar-refractivity contribution in [2.24, 2.45) is 10.4 Å². The Hall–Kier alpha value is -0.410. The number of thiazole rings is 1. The molecule has 1 aromatic rings. The molecule has 0 saturated heterocycles. The Kier molecular flexibility index (Phi) is 10.3. The summed E-state index contributed by atoms with van der Waals surface area (Å²) in [5.41, 5.74) is 1.18. The minimum absolute atomic E-state index is 0. The highest BCUT2D eigenvalue weighted by Crippen LogP contribution is 2.21. The number of aromatic nitrogens is 1. The van der Waals surface area contributed by atoms with Gasteiger partial charge in [-0.15, -0.1) is 35.3 Å². The number of hydrogen-bond acceptors (Lipinski definition) is 4. The first-order valence-electron chi connectivity index (χ1n) is 7.75. The summed E-state index contributed by atoms with van der Waals surface area (Å²) in [5, 5.41) is 7.67. The molecule has 0 aliphatic rings. The second-order valence-electron chi connectivity index (χ2n) is 6.42. The van der Waals surface area contributed by atoms with Crippen LogP contribution < -0.4 is 10.6 Å². The molecule has 23 heavy (non-hydrogen) atoms. The van der Waals surface area contributed by atoms with E-state index in [2.05, 4.69) is 55.2 Å². The molecule has 1 heterocycles. The second kappa shape index (κ2) is 10.5. The second-order valence-corrected chi connectivity index (χ2v) is 7.70. The third-order valence-corrected chi connectivity index (χ3v) is 4.55. The fourth-order valence-corrected chi connectivity index (χ4v) is 2.89. The van der Waals surface area contributed by atoms with Gasteiger partial charge in [0.1, 0.15) is 5.01 Å². The molecule has 1 rings (SSSR count). The summed E-state index contributed by atoms with van der Waals surface area (Å²) in [6.45, 7) is 14.9. The zero-order valence-corrected chi connectivity index (χ0v) is 18.5. The van der Waals surface area contributed by atoms with Gasteiger partial charge in [-0.25, -0.2) is 9.98 Å². The first-order chi connectivity index (χ1) is 10.3. The first-order valence-corrected chi connectivity index (χ1v) is 8.57. The topological polar surface area (TPSA) is 58.5 Å². The van der Waals surface area contributed by atoms with Crippen LogP contribution in [0.4, 0.5) is 0 Å². The van der Waals surface area contributed by atoms with E-state index in [1.807, 2.05) is 6.92 Å². The maximum absolute atomic E-state index is 5.57. The van der Waals surface area contributed by atoms with E-state index in [-0.39, 0.29) is 35.5 Å². The fourth-order valence-electron chi connectivity index (χ4n) is 2.03. The smallest absolute Gasteiger partial charge is 0.191 e. The minimum Gasteiger partial charge on any atom is -0.379 e. The molecule has 134 valence electrons. The molecule has 0 radical (unpaired) electrons. The molecule has 1 aromatic heterocycles. The van der Waals surface area contributed by atoms with Crippen molar-refractivity contribution in [2.75, 3.05) is 20.2 Å². The van der Waals surface area contributed by atoms with Gasteiger partial charge < -0.3 is 15.4 Å². The van der Waals surface area contributed by atoms with Crippen LogP contribution in [0.15, 0.2) is 4.99 Å². The number of aliphatic imine (C=N–C) groups is 1. The SMILES string of the molecule is CCNC(=NCc1nc(C)c(C)s1)NCC(OC)C(C)(C)C.I. The molecule has 0 aromatic carbocycles. The fraction of sp³-hybridized carbons (Fsp3) is 0.750. The average Bonchev–Trinajstić information content (AvgIpc) is 2.74. The molecule has 0 saturated carbocycles. The summed E-state index contributed by atoms with van der Waals surface area (Å²) in [4.78, 5) is 10.4. The van der Waals surface area contributed by atoms with E-state index >= 15 is 0 Å². The largest absolute Gasteiger partial charge is 0.379 e. The number of rotatable bonds is 6. The van der Waals surface area contributed by atoms with Crippen molar-refractivity contribution in [3.05, 3.63) is 15.6 Å². The van der Waals surface area contributed by atoms with Crippen LogP contribution in [-0.4, -0.2) is 37.2 Å². The summed E-state index contributed by atoms with van der Waals surface area (Å²) in [6, 6.07) is 0. The summed E-state index contributed by atoms with van der Waals surface area (Å²) < 4.78 is 5.57. The number of halogens is 1. The minimum atomic E-state index is 0. The zero-order valence-electron chi connectivity index (χ0n) is 15.3. The van der Waals surface area contributed by atoms with Crippen molar-refractivity contribution in [1.29, 1.82) is 0 Å². The summed E-state index contributed by atoms with van der Waals surface area (Å²) in [6.07, 6.45) is 0.126. The van der Waals surface area contributed by atoms with Crippen molar-refractivity contribution < 1.29 is 4.74 Å². The van der Waals surface area contributed by atoms with Crippen molar-refractivity contribution in [2.45, 2.75) is 54.2 Å². The molecular formula is C16H31IN4OS. The van der Waals surface area contributed by atoms with E-state index in [1.165, 1.54) is 4.88 Å². The van der Waals surface area contributed by atoms with E-state index in [9.17, 15) is 0 Å². The van der Waals surface area contributed by atoms with Crippen LogP contribution in [0, 0.1) is 19.3 Å². The lowest BCUT2D eigenvalue weighted by Crippen LogP contribution is -2.45. The molecule has 5 nitrogen and oxygen atoms in total. The molecule has 0 aliphatic carbocycles. The highest BCUT2D eigenvalue weighted by Gasteiger charge is 2.24. The van der Waals surface area contributed by atoms with Crippen molar-refractivity contribution >= 4 is 41.3 Å². The van der Waals surface area contributed by atoms with Gasteiger partial charge in [-0.05, 0) is 26.2 Å². The van der Waals surface area contributed by atoms with Crippen molar-refractivity contribution in [1.82, 2.24) is 15.6 Å². The van der Waals surface area contributed by atoms with Crippen LogP contribution in [0.5, 0.6) is 0 Å². The lowest BCUT2D eigenvalue weighted by molar-refractivity contribution is 0.0205. The van der Waals surface area contributed by atoms with Gasteiger partial charge in [0.05, 0.1) is 18.3 Å². The van der Waals surface area contributed by atoms with Gasteiger partial charge in [0.25, 0.3) is 0 Å². The van der Waals surface area contributed by atoms with Crippen LogP contribution in [-0.2, 0) is 11.3 Å².